The molecule has 3 N–H and O–H groups in total. The largest absolute Gasteiger partial charge is 0.471 e. The van der Waals surface area contributed by atoms with E-state index in [-0.39, 0.29) is 11.5 Å². The number of anilines is 2. The van der Waals surface area contributed by atoms with Crippen LogP contribution in [-0.4, -0.2) is 17.1 Å². The Morgan fingerprint density at radius 1 is 1.43 bits per heavy atom. The lowest BCUT2D eigenvalue weighted by Gasteiger charge is -2.06. The second-order valence-corrected chi connectivity index (χ2v) is 2.42. The molecule has 0 aliphatic rings. The quantitative estimate of drug-likeness (QED) is 0.722. The van der Waals surface area contributed by atoms with Crippen LogP contribution < -0.4 is 11.1 Å². The fourth-order valence-corrected chi connectivity index (χ4v) is 0.681. The lowest BCUT2D eigenvalue weighted by atomic mass is 10.4. The maximum absolute atomic E-state index is 11.8. The third kappa shape index (κ3) is 2.61. The smallest absolute Gasteiger partial charge is 0.384 e. The van der Waals surface area contributed by atoms with Crippen LogP contribution in [0.1, 0.15) is 0 Å². The van der Waals surface area contributed by atoms with Gasteiger partial charge in [-0.2, -0.15) is 13.2 Å². The van der Waals surface area contributed by atoms with E-state index in [0.717, 1.165) is 6.20 Å². The minimum Gasteiger partial charge on any atom is -0.384 e. The Labute approximate surface area is 76.9 Å². The number of alkyl halides is 3. The van der Waals surface area contributed by atoms with Gasteiger partial charge in [0.05, 0.1) is 11.9 Å². The predicted molar refractivity (Wildman–Crippen MR) is 43.3 cm³/mol. The van der Waals surface area contributed by atoms with Crippen LogP contribution in [0.3, 0.4) is 0 Å². The molecule has 0 radical (unpaired) electrons. The molecule has 1 rings (SSSR count). The van der Waals surface area contributed by atoms with Crippen molar-refractivity contribution in [3.8, 4) is 0 Å². The van der Waals surface area contributed by atoms with Crippen molar-refractivity contribution in [1.29, 1.82) is 0 Å². The van der Waals surface area contributed by atoms with Crippen LogP contribution in [0.25, 0.3) is 0 Å². The fraction of sp³-hybridized carbons (Fsp3) is 0.143. The van der Waals surface area contributed by atoms with E-state index in [4.69, 9.17) is 5.73 Å². The van der Waals surface area contributed by atoms with Crippen LogP contribution in [-0.2, 0) is 4.79 Å². The van der Waals surface area contributed by atoms with Crippen molar-refractivity contribution in [3.63, 3.8) is 0 Å². The van der Waals surface area contributed by atoms with Gasteiger partial charge in [-0.3, -0.25) is 4.79 Å². The number of halogens is 3. The molecule has 1 heterocycles. The highest BCUT2D eigenvalue weighted by atomic mass is 19.4. The first-order valence-corrected chi connectivity index (χ1v) is 3.49. The Bertz CT molecular complexity index is 333. The highest BCUT2D eigenvalue weighted by Gasteiger charge is 2.38. The van der Waals surface area contributed by atoms with E-state index >= 15 is 0 Å². The summed E-state index contributed by atoms with van der Waals surface area (Å²) in [7, 11) is 0. The van der Waals surface area contributed by atoms with Gasteiger partial charge in [0.2, 0.25) is 0 Å². The molecule has 0 atom stereocenters. The molecule has 7 heteroatoms. The van der Waals surface area contributed by atoms with E-state index < -0.39 is 12.1 Å². The predicted octanol–water partition coefficient (Wildman–Crippen LogP) is 1.16. The molecule has 0 saturated heterocycles. The summed E-state index contributed by atoms with van der Waals surface area (Å²) < 4.78 is 35.3. The molecule has 0 fully saturated rings. The number of hydrogen-bond acceptors (Lipinski definition) is 3. The topological polar surface area (TPSA) is 68.0 Å². The molecule has 0 aliphatic heterocycles. The average Bonchev–Trinajstić information content (AvgIpc) is 2.07. The van der Waals surface area contributed by atoms with Crippen LogP contribution in [0.4, 0.5) is 24.7 Å². The van der Waals surface area contributed by atoms with Crippen LogP contribution in [0, 0.1) is 0 Å². The zero-order valence-corrected chi connectivity index (χ0v) is 6.80. The minimum atomic E-state index is -4.90. The van der Waals surface area contributed by atoms with Crippen molar-refractivity contribution in [3.05, 3.63) is 18.3 Å². The van der Waals surface area contributed by atoms with Gasteiger partial charge in [-0.15, -0.1) is 0 Å². The number of hydrogen-bond donors (Lipinski definition) is 2. The number of aromatic nitrogens is 1. The monoisotopic (exact) mass is 205 g/mol. The summed E-state index contributed by atoms with van der Waals surface area (Å²) in [6.07, 6.45) is -3.86. The first-order valence-electron chi connectivity index (χ1n) is 3.49. The molecule has 1 amide bonds. The number of amides is 1. The summed E-state index contributed by atoms with van der Waals surface area (Å²) >= 11 is 0. The van der Waals surface area contributed by atoms with Gasteiger partial charge >= 0.3 is 12.1 Å². The van der Waals surface area contributed by atoms with Crippen molar-refractivity contribution in [2.24, 2.45) is 0 Å². The highest BCUT2D eigenvalue weighted by molar-refractivity contribution is 5.94. The number of nitrogens with one attached hydrogen (secondary N) is 1. The molecule has 76 valence electrons. The second kappa shape index (κ2) is 3.52. The van der Waals surface area contributed by atoms with Gasteiger partial charge in [-0.1, -0.05) is 0 Å². The average molecular weight is 205 g/mol. The molecule has 4 nitrogen and oxygen atoms in total. The molecule has 1 aromatic rings. The number of nitrogen functional groups attached to an aromatic ring is 1. The number of carbonyl (C=O) groups excluding carboxylic acids is 1. The molecular formula is C7H6F3N3O. The standard InChI is InChI=1S/C7H6F3N3O/c8-7(9,10)6(14)13-4-1-2-5(11)12-3-4/h1-3H,(H2,11,12)(H,13,14). The van der Waals surface area contributed by atoms with Crippen LogP contribution in [0.15, 0.2) is 18.3 Å². The molecule has 0 aliphatic carbocycles. The first kappa shape index (κ1) is 10.3. The summed E-state index contributed by atoms with van der Waals surface area (Å²) in [5.41, 5.74) is 5.14. The zero-order valence-electron chi connectivity index (χ0n) is 6.80. The van der Waals surface area contributed by atoms with E-state index in [1.54, 1.807) is 5.32 Å². The molecule has 0 aromatic carbocycles. The Morgan fingerprint density at radius 2 is 2.07 bits per heavy atom. The highest BCUT2D eigenvalue weighted by Crippen LogP contribution is 2.17. The Kier molecular flexibility index (Phi) is 2.59. The number of nitrogens with two attached hydrogens (primary N) is 1. The Balaban J connectivity index is 2.71. The van der Waals surface area contributed by atoms with E-state index in [2.05, 4.69) is 4.98 Å². The lowest BCUT2D eigenvalue weighted by Crippen LogP contribution is -2.29. The van der Waals surface area contributed by atoms with Crippen LogP contribution >= 0.6 is 0 Å². The van der Waals surface area contributed by atoms with Gasteiger partial charge in [0.1, 0.15) is 5.82 Å². The molecule has 1 aromatic heterocycles. The molecular weight excluding hydrogens is 199 g/mol. The zero-order chi connectivity index (χ0) is 10.8. The van der Waals surface area contributed by atoms with Crippen molar-refractivity contribution in [2.45, 2.75) is 6.18 Å². The van der Waals surface area contributed by atoms with Crippen LogP contribution in [0.5, 0.6) is 0 Å². The molecule has 0 unspecified atom stereocenters. The van der Waals surface area contributed by atoms with E-state index in [1.807, 2.05) is 0 Å². The normalized spacial score (nSPS) is 11.1. The number of nitrogens with zero attached hydrogens (tertiary/aromatic N) is 1. The third-order valence-corrected chi connectivity index (χ3v) is 1.30. The van der Waals surface area contributed by atoms with Crippen LogP contribution in [0.2, 0.25) is 0 Å². The molecule has 14 heavy (non-hydrogen) atoms. The summed E-state index contributed by atoms with van der Waals surface area (Å²) in [5.74, 6) is -1.88. The fourth-order valence-electron chi connectivity index (χ4n) is 0.681. The molecule has 0 bridgehead atoms. The van der Waals surface area contributed by atoms with Gasteiger partial charge in [0, 0.05) is 0 Å². The second-order valence-electron chi connectivity index (χ2n) is 2.42. The first-order chi connectivity index (χ1) is 6.39. The van der Waals surface area contributed by atoms with Gasteiger partial charge in [-0.05, 0) is 12.1 Å². The number of rotatable bonds is 1. The summed E-state index contributed by atoms with van der Waals surface area (Å²) in [6, 6.07) is 2.51. The number of carbonyl (C=O) groups is 1. The van der Waals surface area contributed by atoms with Crippen molar-refractivity contribution >= 4 is 17.4 Å². The summed E-state index contributed by atoms with van der Waals surface area (Å²) in [4.78, 5) is 13.9. The van der Waals surface area contributed by atoms with Gasteiger partial charge < -0.3 is 11.1 Å². The molecule has 0 spiro atoms. The van der Waals surface area contributed by atoms with E-state index in [9.17, 15) is 18.0 Å². The van der Waals surface area contributed by atoms with Crippen molar-refractivity contribution in [1.82, 2.24) is 4.98 Å². The van der Waals surface area contributed by atoms with E-state index in [1.165, 1.54) is 12.1 Å². The maximum Gasteiger partial charge on any atom is 0.471 e. The van der Waals surface area contributed by atoms with Gasteiger partial charge in [-0.25, -0.2) is 4.98 Å². The maximum atomic E-state index is 11.8. The SMILES string of the molecule is Nc1ccc(NC(=O)C(F)(F)F)cn1. The van der Waals surface area contributed by atoms with Gasteiger partial charge in [0.15, 0.2) is 0 Å². The third-order valence-electron chi connectivity index (χ3n) is 1.30. The summed E-state index contributed by atoms with van der Waals surface area (Å²) in [5, 5.41) is 1.63. The summed E-state index contributed by atoms with van der Waals surface area (Å²) in [6.45, 7) is 0. The van der Waals surface area contributed by atoms with Crippen molar-refractivity contribution in [2.75, 3.05) is 11.1 Å². The molecule has 0 saturated carbocycles. The Morgan fingerprint density at radius 3 is 2.50 bits per heavy atom. The number of pyridine rings is 1. The van der Waals surface area contributed by atoms with E-state index in [0.29, 0.717) is 0 Å². The van der Waals surface area contributed by atoms with Gasteiger partial charge in [0.25, 0.3) is 0 Å². The lowest BCUT2D eigenvalue weighted by molar-refractivity contribution is -0.167. The minimum absolute atomic E-state index is 0.0541. The Hall–Kier alpha value is -1.79. The van der Waals surface area contributed by atoms with Crippen molar-refractivity contribution < 1.29 is 18.0 Å².